The molecule has 4 heteroatoms. The van der Waals surface area contributed by atoms with Gasteiger partial charge in [0, 0.05) is 13.1 Å². The van der Waals surface area contributed by atoms with Gasteiger partial charge in [-0.1, -0.05) is 24.3 Å². The van der Waals surface area contributed by atoms with Gasteiger partial charge in [0.25, 0.3) is 0 Å². The summed E-state index contributed by atoms with van der Waals surface area (Å²) >= 11 is 4.86. The van der Waals surface area contributed by atoms with Crippen molar-refractivity contribution < 1.29 is 17.8 Å². The van der Waals surface area contributed by atoms with Gasteiger partial charge < -0.3 is 9.80 Å². The van der Waals surface area contributed by atoms with Crippen molar-refractivity contribution in [1.82, 2.24) is 9.80 Å². The molecule has 0 atom stereocenters. The standard InChI is InChI=1S/C12H20N2.BrH.Pt/c1-13(2)9-11-6-5-7-12(8-11)10-14(3)4;;/h5-8H,9-10H2,1-4H3;1H;/q;;+1/p-1. The first-order valence-corrected chi connectivity index (χ1v) is 10.0. The summed E-state index contributed by atoms with van der Waals surface area (Å²) in [5.41, 5.74) is 2.77. The summed E-state index contributed by atoms with van der Waals surface area (Å²) in [7, 11) is 8.38. The summed E-state index contributed by atoms with van der Waals surface area (Å²) in [5.74, 6) is 0. The van der Waals surface area contributed by atoms with E-state index >= 15 is 0 Å². The van der Waals surface area contributed by atoms with Crippen molar-refractivity contribution in [1.29, 1.82) is 0 Å². The molecule has 1 aromatic rings. The van der Waals surface area contributed by atoms with Crippen LogP contribution in [0.15, 0.2) is 24.3 Å². The average molecular weight is 467 g/mol. The zero-order chi connectivity index (χ0) is 12.6. The van der Waals surface area contributed by atoms with Gasteiger partial charge in [0.2, 0.25) is 0 Å². The van der Waals surface area contributed by atoms with Crippen molar-refractivity contribution in [2.75, 3.05) is 28.2 Å². The average Bonchev–Trinajstić information content (AvgIpc) is 2.19. The minimum atomic E-state index is 1.02. The molecule has 0 spiro atoms. The maximum atomic E-state index is 2.91. The van der Waals surface area contributed by atoms with Gasteiger partial charge in [0.05, 0.1) is 0 Å². The predicted molar refractivity (Wildman–Crippen MR) is 70.2 cm³/mol. The normalized spacial score (nSPS) is 10.3. The molecule has 95 valence electrons. The van der Waals surface area contributed by atoms with E-state index in [1.807, 2.05) is 17.8 Å². The number of benzene rings is 1. The molecule has 0 saturated carbocycles. The second-order valence-electron chi connectivity index (χ2n) is 4.30. The predicted octanol–water partition coefficient (Wildman–Crippen LogP) is 2.65. The minimum absolute atomic E-state index is 1.02. The number of rotatable bonds is 4. The zero-order valence-corrected chi connectivity index (χ0v) is 14.2. The number of hydrogen-bond donors (Lipinski definition) is 0. The van der Waals surface area contributed by atoms with Gasteiger partial charge in [-0.25, -0.2) is 0 Å². The van der Waals surface area contributed by atoms with E-state index in [1.165, 1.54) is 11.1 Å². The second kappa shape index (κ2) is 9.35. The topological polar surface area (TPSA) is 6.48 Å². The van der Waals surface area contributed by atoms with Crippen LogP contribution in [0.5, 0.6) is 0 Å². The fourth-order valence-corrected chi connectivity index (χ4v) is 1.56. The third-order valence-corrected chi connectivity index (χ3v) is 1.99. The van der Waals surface area contributed by atoms with Crippen molar-refractivity contribution in [2.45, 2.75) is 13.1 Å². The maximum absolute atomic E-state index is 2.91. The molecule has 0 amide bonds. The summed E-state index contributed by atoms with van der Waals surface area (Å²) in [6, 6.07) is 8.77. The summed E-state index contributed by atoms with van der Waals surface area (Å²) in [6.07, 6.45) is 0. The Morgan fingerprint density at radius 3 is 1.62 bits per heavy atom. The Bertz CT molecular complexity index is 265. The van der Waals surface area contributed by atoms with Crippen LogP contribution in [0.2, 0.25) is 0 Å². The number of halogens is 1. The van der Waals surface area contributed by atoms with E-state index in [1.54, 1.807) is 0 Å². The van der Waals surface area contributed by atoms with Gasteiger partial charge in [-0.3, -0.25) is 0 Å². The van der Waals surface area contributed by atoms with Crippen molar-refractivity contribution in [3.05, 3.63) is 35.4 Å². The first-order valence-electron chi connectivity index (χ1n) is 5.07. The Morgan fingerprint density at radius 1 is 0.938 bits per heavy atom. The SMILES string of the molecule is CN(C)Cc1cccc(CN(C)C)c1.[Br][Pt]. The molecule has 16 heavy (non-hydrogen) atoms. The molecule has 0 bridgehead atoms. The fraction of sp³-hybridized carbons (Fsp3) is 0.500. The van der Waals surface area contributed by atoms with Crippen LogP contribution < -0.4 is 0 Å². The van der Waals surface area contributed by atoms with E-state index < -0.39 is 0 Å². The molecule has 0 aliphatic rings. The molecule has 0 unspecified atom stereocenters. The molecule has 0 fully saturated rings. The molecule has 0 aromatic heterocycles. The molecular formula is C12H20BrN2Pt. The molecule has 2 nitrogen and oxygen atoms in total. The van der Waals surface area contributed by atoms with Crippen molar-refractivity contribution in [2.24, 2.45) is 0 Å². The Kier molecular flexibility index (Phi) is 9.53. The molecule has 1 aromatic carbocycles. The number of hydrogen-bond acceptors (Lipinski definition) is 2. The van der Waals surface area contributed by atoms with Crippen LogP contribution in [0, 0.1) is 0 Å². The molecule has 0 aliphatic carbocycles. The summed E-state index contributed by atoms with van der Waals surface area (Å²) in [5, 5.41) is 0. The molecule has 0 saturated heterocycles. The van der Waals surface area contributed by atoms with Gasteiger partial charge in [0.15, 0.2) is 0 Å². The first kappa shape index (κ1) is 16.3. The molecule has 1 rings (SSSR count). The Balaban J connectivity index is 0.00000106. The number of nitrogens with zero attached hydrogens (tertiary/aromatic N) is 2. The van der Waals surface area contributed by atoms with Crippen LogP contribution in [0.4, 0.5) is 0 Å². The van der Waals surface area contributed by atoms with Gasteiger partial charge in [-0.05, 0) is 39.3 Å². The molecule has 0 heterocycles. The van der Waals surface area contributed by atoms with E-state index in [0.29, 0.717) is 0 Å². The van der Waals surface area contributed by atoms with Crippen molar-refractivity contribution in [3.8, 4) is 0 Å². The molecule has 0 radical (unpaired) electrons. The van der Waals surface area contributed by atoms with E-state index in [2.05, 4.69) is 75.6 Å². The Hall–Kier alpha value is 0.308. The van der Waals surface area contributed by atoms with Gasteiger partial charge in [-0.15, -0.1) is 0 Å². The van der Waals surface area contributed by atoms with E-state index in [4.69, 9.17) is 0 Å². The monoisotopic (exact) mass is 466 g/mol. The second-order valence-corrected chi connectivity index (χ2v) is 4.30. The zero-order valence-electron chi connectivity index (χ0n) is 10.3. The van der Waals surface area contributed by atoms with Crippen LogP contribution >= 0.6 is 13.3 Å². The Morgan fingerprint density at radius 2 is 1.31 bits per heavy atom. The van der Waals surface area contributed by atoms with Gasteiger partial charge in [0.1, 0.15) is 0 Å². The van der Waals surface area contributed by atoms with Crippen LogP contribution in [0.1, 0.15) is 11.1 Å². The fourth-order valence-electron chi connectivity index (χ4n) is 1.56. The van der Waals surface area contributed by atoms with Crippen molar-refractivity contribution in [3.63, 3.8) is 0 Å². The van der Waals surface area contributed by atoms with Gasteiger partial charge >= 0.3 is 31.1 Å². The van der Waals surface area contributed by atoms with Crippen LogP contribution in [0.25, 0.3) is 0 Å². The van der Waals surface area contributed by atoms with Crippen LogP contribution in [-0.2, 0) is 30.8 Å². The van der Waals surface area contributed by atoms with E-state index in [0.717, 1.165) is 13.1 Å². The quantitative estimate of drug-likeness (QED) is 0.672. The summed E-state index contributed by atoms with van der Waals surface area (Å²) < 4.78 is 0. The first-order chi connectivity index (χ1) is 7.58. The van der Waals surface area contributed by atoms with Crippen LogP contribution in [0.3, 0.4) is 0 Å². The Labute approximate surface area is 117 Å². The summed E-state index contributed by atoms with van der Waals surface area (Å²) in [6.45, 7) is 2.03. The molecule has 0 aliphatic heterocycles. The molecule has 0 N–H and O–H groups in total. The van der Waals surface area contributed by atoms with Gasteiger partial charge in [-0.2, -0.15) is 0 Å². The van der Waals surface area contributed by atoms with E-state index in [9.17, 15) is 0 Å². The van der Waals surface area contributed by atoms with E-state index in [-0.39, 0.29) is 0 Å². The summed E-state index contributed by atoms with van der Waals surface area (Å²) in [4.78, 5) is 4.38. The van der Waals surface area contributed by atoms with Crippen LogP contribution in [-0.4, -0.2) is 38.0 Å². The third kappa shape index (κ3) is 7.56. The third-order valence-electron chi connectivity index (χ3n) is 1.99. The van der Waals surface area contributed by atoms with Crippen molar-refractivity contribution >= 4 is 13.3 Å². The molecular weight excluding hydrogens is 447 g/mol.